The molecule has 3 heterocycles. The average molecular weight is 449 g/mol. The highest BCUT2D eigenvalue weighted by molar-refractivity contribution is 5.98. The van der Waals surface area contributed by atoms with Crippen LogP contribution in [0.3, 0.4) is 0 Å². The van der Waals surface area contributed by atoms with E-state index in [4.69, 9.17) is 20.3 Å². The van der Waals surface area contributed by atoms with Gasteiger partial charge in [-0.15, -0.1) is 0 Å². The number of aromatic nitrogens is 2. The number of amides is 1. The van der Waals surface area contributed by atoms with Crippen molar-refractivity contribution in [3.8, 4) is 22.9 Å². The number of nitrogens with zero attached hydrogens (tertiary/aromatic N) is 3. The predicted molar refractivity (Wildman–Crippen MR) is 125 cm³/mol. The van der Waals surface area contributed by atoms with Gasteiger partial charge in [0, 0.05) is 38.8 Å². The van der Waals surface area contributed by atoms with Gasteiger partial charge in [0.25, 0.3) is 5.91 Å². The summed E-state index contributed by atoms with van der Waals surface area (Å²) in [6, 6.07) is 15.0. The minimum absolute atomic E-state index is 0.165. The quantitative estimate of drug-likeness (QED) is 0.532. The minimum atomic E-state index is -0.506. The van der Waals surface area contributed by atoms with Gasteiger partial charge in [-0.1, -0.05) is 6.07 Å². The van der Waals surface area contributed by atoms with Crippen molar-refractivity contribution in [3.05, 3.63) is 59.9 Å². The maximum Gasteiger partial charge on any atom is 0.269 e. The number of methoxy groups -OCH3 is 1. The number of hydrogen-bond acceptors (Lipinski definition) is 7. The molecule has 0 aliphatic carbocycles. The molecule has 9 heteroatoms. The molecule has 3 aromatic rings. The lowest BCUT2D eigenvalue weighted by molar-refractivity contribution is 0.0993. The second-order valence-electron chi connectivity index (χ2n) is 8.18. The van der Waals surface area contributed by atoms with Crippen LogP contribution in [0.2, 0.25) is 0 Å². The summed E-state index contributed by atoms with van der Waals surface area (Å²) < 4.78 is 12.8. The Labute approximate surface area is 192 Å². The van der Waals surface area contributed by atoms with E-state index in [1.807, 2.05) is 48.5 Å². The predicted octanol–water partition coefficient (Wildman–Crippen LogP) is 2.53. The van der Waals surface area contributed by atoms with Crippen LogP contribution in [-0.2, 0) is 0 Å². The van der Waals surface area contributed by atoms with E-state index in [0.717, 1.165) is 62.0 Å². The first kappa shape index (κ1) is 21.3. The van der Waals surface area contributed by atoms with Crippen molar-refractivity contribution >= 4 is 11.6 Å². The van der Waals surface area contributed by atoms with Gasteiger partial charge >= 0.3 is 0 Å². The third kappa shape index (κ3) is 4.24. The molecule has 9 nitrogen and oxygen atoms in total. The van der Waals surface area contributed by atoms with Gasteiger partial charge < -0.3 is 25.8 Å². The van der Waals surface area contributed by atoms with Gasteiger partial charge in [0.05, 0.1) is 24.5 Å². The molecule has 1 amide bonds. The first-order valence-corrected chi connectivity index (χ1v) is 11.2. The van der Waals surface area contributed by atoms with Crippen molar-refractivity contribution in [3.63, 3.8) is 0 Å². The third-order valence-corrected chi connectivity index (χ3v) is 6.13. The zero-order chi connectivity index (χ0) is 22.8. The summed E-state index contributed by atoms with van der Waals surface area (Å²) >= 11 is 0. The normalized spacial score (nSPS) is 18.3. The number of carbonyl (C=O) groups is 1. The molecule has 2 aliphatic heterocycles. The number of piperazine rings is 1. The molecule has 0 radical (unpaired) electrons. The second kappa shape index (κ2) is 9.13. The van der Waals surface area contributed by atoms with E-state index < -0.39 is 5.91 Å². The zero-order valence-electron chi connectivity index (χ0n) is 18.6. The van der Waals surface area contributed by atoms with Crippen LogP contribution in [0.15, 0.2) is 48.5 Å². The van der Waals surface area contributed by atoms with E-state index in [2.05, 4.69) is 15.5 Å². The maximum atomic E-state index is 12.4. The minimum Gasteiger partial charge on any atom is -0.497 e. The zero-order valence-corrected chi connectivity index (χ0v) is 18.6. The summed E-state index contributed by atoms with van der Waals surface area (Å²) in [4.78, 5) is 14.9. The van der Waals surface area contributed by atoms with Crippen LogP contribution in [-0.4, -0.2) is 60.4 Å². The van der Waals surface area contributed by atoms with E-state index in [-0.39, 0.29) is 6.04 Å². The van der Waals surface area contributed by atoms with E-state index in [1.165, 1.54) is 0 Å². The van der Waals surface area contributed by atoms with E-state index in [1.54, 1.807) is 11.8 Å². The van der Waals surface area contributed by atoms with Crippen LogP contribution < -0.4 is 25.8 Å². The van der Waals surface area contributed by atoms with E-state index >= 15 is 0 Å². The fourth-order valence-corrected chi connectivity index (χ4v) is 4.53. The summed E-state index contributed by atoms with van der Waals surface area (Å²) in [6.07, 6.45) is 0.940. The largest absolute Gasteiger partial charge is 0.497 e. The lowest BCUT2D eigenvalue weighted by Gasteiger charge is -2.36. The first-order chi connectivity index (χ1) is 16.1. The molecule has 2 aromatic carbocycles. The smallest absolute Gasteiger partial charge is 0.269 e. The molecule has 0 spiro atoms. The fraction of sp³-hybridized carbons (Fsp3) is 0.333. The highest BCUT2D eigenvalue weighted by Crippen LogP contribution is 2.37. The average Bonchev–Trinajstić information content (AvgIpc) is 3.25. The molecule has 2 aliphatic rings. The van der Waals surface area contributed by atoms with Crippen molar-refractivity contribution in [1.82, 2.24) is 20.0 Å². The molecule has 0 bridgehead atoms. The van der Waals surface area contributed by atoms with Crippen molar-refractivity contribution < 1.29 is 14.3 Å². The number of rotatable bonds is 6. The molecule has 4 N–H and O–H groups in total. The number of fused-ring (bicyclic) bond motifs is 1. The van der Waals surface area contributed by atoms with Gasteiger partial charge in [0.1, 0.15) is 22.9 Å². The number of anilines is 1. The SMILES string of the molecule is COc1cccc(Oc2ccc(-n3nc4c(c3C(N)=O)NCC[C@@H]4N3CCNCC3)cc2)c1. The van der Waals surface area contributed by atoms with Crippen LogP contribution in [0.4, 0.5) is 5.69 Å². The van der Waals surface area contributed by atoms with Gasteiger partial charge in [-0.25, -0.2) is 4.68 Å². The molecule has 33 heavy (non-hydrogen) atoms. The summed E-state index contributed by atoms with van der Waals surface area (Å²) in [6.45, 7) is 4.61. The Hall–Kier alpha value is -3.56. The number of benzene rings is 2. The summed E-state index contributed by atoms with van der Waals surface area (Å²) in [5, 5.41) is 11.6. The summed E-state index contributed by atoms with van der Waals surface area (Å²) in [7, 11) is 1.62. The van der Waals surface area contributed by atoms with Crippen LogP contribution in [0.25, 0.3) is 5.69 Å². The van der Waals surface area contributed by atoms with Gasteiger partial charge in [0.2, 0.25) is 0 Å². The van der Waals surface area contributed by atoms with Crippen molar-refractivity contribution in [1.29, 1.82) is 0 Å². The Morgan fingerprint density at radius 3 is 2.55 bits per heavy atom. The first-order valence-electron chi connectivity index (χ1n) is 11.2. The maximum absolute atomic E-state index is 12.4. The second-order valence-corrected chi connectivity index (χ2v) is 8.18. The van der Waals surface area contributed by atoms with E-state index in [9.17, 15) is 4.79 Å². The molecule has 1 aromatic heterocycles. The molecule has 0 saturated carbocycles. The Morgan fingerprint density at radius 1 is 1.06 bits per heavy atom. The number of ether oxygens (including phenoxy) is 2. The molecule has 0 unspecified atom stereocenters. The standard InChI is InChI=1S/C24H28N6O3/c1-32-18-3-2-4-19(15-18)33-17-7-5-16(6-8-17)30-23(24(25)31)22-21(28-30)20(9-10-27-22)29-13-11-26-12-14-29/h2-8,15,20,26-27H,9-14H2,1H3,(H2,25,31)/t20-/m0/s1. The number of hydrogen-bond donors (Lipinski definition) is 3. The fourth-order valence-electron chi connectivity index (χ4n) is 4.53. The molecule has 1 fully saturated rings. The van der Waals surface area contributed by atoms with Gasteiger partial charge in [-0.05, 0) is 42.8 Å². The van der Waals surface area contributed by atoms with Crippen molar-refractivity contribution in [2.24, 2.45) is 5.73 Å². The summed E-state index contributed by atoms with van der Waals surface area (Å²) in [5.74, 6) is 1.57. The molecule has 172 valence electrons. The van der Waals surface area contributed by atoms with E-state index in [0.29, 0.717) is 17.2 Å². The van der Waals surface area contributed by atoms with Gasteiger partial charge in [-0.2, -0.15) is 5.10 Å². The lowest BCUT2D eigenvalue weighted by atomic mass is 10.0. The topological polar surface area (TPSA) is 107 Å². The van der Waals surface area contributed by atoms with Crippen molar-refractivity contribution in [2.45, 2.75) is 12.5 Å². The monoisotopic (exact) mass is 448 g/mol. The summed E-state index contributed by atoms with van der Waals surface area (Å²) in [5.41, 5.74) is 8.56. The highest BCUT2D eigenvalue weighted by atomic mass is 16.5. The Morgan fingerprint density at radius 2 is 1.82 bits per heavy atom. The molecular weight excluding hydrogens is 420 g/mol. The third-order valence-electron chi connectivity index (χ3n) is 6.13. The number of nitrogens with one attached hydrogen (secondary N) is 2. The van der Waals surface area contributed by atoms with Crippen LogP contribution in [0, 0.1) is 0 Å². The highest BCUT2D eigenvalue weighted by Gasteiger charge is 2.34. The number of carbonyl (C=O) groups excluding carboxylic acids is 1. The molecule has 1 saturated heterocycles. The van der Waals surface area contributed by atoms with Gasteiger partial charge in [0.15, 0.2) is 5.69 Å². The molecular formula is C24H28N6O3. The molecule has 5 rings (SSSR count). The van der Waals surface area contributed by atoms with Crippen LogP contribution >= 0.6 is 0 Å². The van der Waals surface area contributed by atoms with Gasteiger partial charge in [-0.3, -0.25) is 9.69 Å². The lowest BCUT2D eigenvalue weighted by Crippen LogP contribution is -2.46. The van der Waals surface area contributed by atoms with Crippen molar-refractivity contribution in [2.75, 3.05) is 45.2 Å². The number of nitrogens with two attached hydrogens (primary N) is 1. The number of primary amides is 1. The Balaban J connectivity index is 1.45. The van der Waals surface area contributed by atoms with Crippen LogP contribution in [0.5, 0.6) is 17.2 Å². The Kier molecular flexibility index (Phi) is 5.89. The Bertz CT molecular complexity index is 1140. The molecule has 1 atom stereocenters. The van der Waals surface area contributed by atoms with Crippen LogP contribution in [0.1, 0.15) is 28.6 Å².